The molecule has 0 aliphatic heterocycles. The molecule has 0 aromatic heterocycles. The molecule has 132 valence electrons. The van der Waals surface area contributed by atoms with Crippen LogP contribution in [0.15, 0.2) is 0 Å². The molecule has 0 bridgehead atoms. The van der Waals surface area contributed by atoms with Crippen LogP contribution in [0.4, 0.5) is 0 Å². The zero-order valence-corrected chi connectivity index (χ0v) is 15.3. The number of unbranched alkanes of at least 4 members (excludes halogenated alkanes) is 11. The van der Waals surface area contributed by atoms with E-state index < -0.39 is 8.25 Å². The predicted molar refractivity (Wildman–Crippen MR) is 92.3 cm³/mol. The maximum atomic E-state index is 11.2. The molecule has 0 aliphatic rings. The van der Waals surface area contributed by atoms with E-state index in [1.165, 1.54) is 64.2 Å². The summed E-state index contributed by atoms with van der Waals surface area (Å²) in [5, 5.41) is 8.56. The summed E-state index contributed by atoms with van der Waals surface area (Å²) in [6.07, 6.45) is 16.1. The van der Waals surface area contributed by atoms with Crippen molar-refractivity contribution in [1.29, 1.82) is 0 Å². The predicted octanol–water partition coefficient (Wildman–Crippen LogP) is 5.76. The van der Waals surface area contributed by atoms with Crippen LogP contribution >= 0.6 is 8.25 Å². The summed E-state index contributed by atoms with van der Waals surface area (Å²) in [4.78, 5) is 0. The van der Waals surface area contributed by atoms with E-state index in [9.17, 15) is 4.57 Å². The Morgan fingerprint density at radius 3 is 1.55 bits per heavy atom. The van der Waals surface area contributed by atoms with Crippen molar-refractivity contribution in [3.05, 3.63) is 0 Å². The topological polar surface area (TPSA) is 55.8 Å². The first-order valence-electron chi connectivity index (χ1n) is 9.15. The van der Waals surface area contributed by atoms with Gasteiger partial charge in [0.2, 0.25) is 0 Å². The van der Waals surface area contributed by atoms with E-state index in [1.54, 1.807) is 0 Å². The Kier molecular flexibility index (Phi) is 19.0. The molecule has 0 rings (SSSR count). The molecular weight excluding hydrogens is 299 g/mol. The van der Waals surface area contributed by atoms with E-state index in [0.717, 1.165) is 12.8 Å². The van der Waals surface area contributed by atoms with Gasteiger partial charge in [0.05, 0.1) is 0 Å². The Balaban J connectivity index is 3.06. The summed E-state index contributed by atoms with van der Waals surface area (Å²) in [5.41, 5.74) is 0. The second kappa shape index (κ2) is 19.0. The van der Waals surface area contributed by atoms with Gasteiger partial charge in [-0.3, -0.25) is 0 Å². The molecule has 1 atom stereocenters. The molecule has 0 radical (unpaired) electrons. The van der Waals surface area contributed by atoms with E-state index in [2.05, 4.69) is 6.92 Å². The molecule has 0 fully saturated rings. The molecule has 0 amide bonds. The zero-order chi connectivity index (χ0) is 16.3. The van der Waals surface area contributed by atoms with Crippen molar-refractivity contribution in [2.75, 3.05) is 19.8 Å². The van der Waals surface area contributed by atoms with Crippen molar-refractivity contribution in [3.63, 3.8) is 0 Å². The van der Waals surface area contributed by atoms with Crippen molar-refractivity contribution < 1.29 is 18.7 Å². The molecule has 0 saturated carbocycles. The van der Waals surface area contributed by atoms with Gasteiger partial charge < -0.3 is 5.11 Å². The summed E-state index contributed by atoms with van der Waals surface area (Å²) in [6, 6.07) is 0. The van der Waals surface area contributed by atoms with Crippen LogP contribution < -0.4 is 0 Å². The van der Waals surface area contributed by atoms with Gasteiger partial charge >= 0.3 is 8.25 Å². The lowest BCUT2D eigenvalue weighted by molar-refractivity contribution is 0.198. The fraction of sp³-hybridized carbons (Fsp3) is 1.00. The molecule has 0 aromatic carbocycles. The van der Waals surface area contributed by atoms with E-state index in [-0.39, 0.29) is 6.61 Å². The molecular formula is C17H36O4P+. The monoisotopic (exact) mass is 335 g/mol. The largest absolute Gasteiger partial charge is 0.697 e. The smallest absolute Gasteiger partial charge is 0.396 e. The van der Waals surface area contributed by atoms with Crippen molar-refractivity contribution in [1.82, 2.24) is 0 Å². The molecule has 5 heteroatoms. The van der Waals surface area contributed by atoms with Crippen LogP contribution in [0.1, 0.15) is 90.4 Å². The highest BCUT2D eigenvalue weighted by atomic mass is 31.1. The lowest BCUT2D eigenvalue weighted by Crippen LogP contribution is -1.93. The SMILES string of the molecule is CCCCCCCCCCCCCCO[P+](=O)OCCCO. The molecule has 0 spiro atoms. The summed E-state index contributed by atoms with van der Waals surface area (Å²) in [6.45, 7) is 3.12. The van der Waals surface area contributed by atoms with Gasteiger partial charge in [-0.2, -0.15) is 0 Å². The van der Waals surface area contributed by atoms with Gasteiger partial charge in [-0.1, -0.05) is 77.6 Å². The van der Waals surface area contributed by atoms with Crippen LogP contribution in [0.25, 0.3) is 0 Å². The van der Waals surface area contributed by atoms with Gasteiger partial charge in [-0.15, -0.1) is 9.05 Å². The third-order valence-electron chi connectivity index (χ3n) is 3.69. The van der Waals surface area contributed by atoms with Crippen LogP contribution in [0.3, 0.4) is 0 Å². The summed E-state index contributed by atoms with van der Waals surface area (Å²) < 4.78 is 21.2. The lowest BCUT2D eigenvalue weighted by Gasteiger charge is -2.02. The van der Waals surface area contributed by atoms with Crippen LogP contribution in [0, 0.1) is 0 Å². The van der Waals surface area contributed by atoms with Crippen molar-refractivity contribution in [2.24, 2.45) is 0 Å². The Morgan fingerprint density at radius 2 is 1.09 bits per heavy atom. The molecule has 4 nitrogen and oxygen atoms in total. The van der Waals surface area contributed by atoms with Gasteiger partial charge in [0, 0.05) is 11.2 Å². The van der Waals surface area contributed by atoms with Gasteiger partial charge in [-0.25, -0.2) is 0 Å². The minimum atomic E-state index is -1.99. The first-order valence-corrected chi connectivity index (χ1v) is 10.2. The highest BCUT2D eigenvalue weighted by Crippen LogP contribution is 2.24. The fourth-order valence-electron chi connectivity index (χ4n) is 2.32. The Morgan fingerprint density at radius 1 is 0.682 bits per heavy atom. The Hall–Kier alpha value is -0.0200. The standard InChI is InChI=1S/C17H36O4P/c1-2-3-4-5-6-7-8-9-10-11-12-13-16-20-22(19)21-17-14-15-18/h18H,2-17H2,1H3/q+1. The fourth-order valence-corrected chi connectivity index (χ4v) is 2.95. The molecule has 1 unspecified atom stereocenters. The maximum Gasteiger partial charge on any atom is 0.697 e. The molecule has 0 aromatic rings. The molecule has 0 heterocycles. The normalized spacial score (nSPS) is 11.8. The average Bonchev–Trinajstić information content (AvgIpc) is 2.52. The van der Waals surface area contributed by atoms with Crippen LogP contribution in [-0.2, 0) is 13.6 Å². The van der Waals surface area contributed by atoms with Crippen LogP contribution in [-0.4, -0.2) is 24.9 Å². The second-order valence-corrected chi connectivity index (χ2v) is 6.82. The van der Waals surface area contributed by atoms with Gasteiger partial charge in [0.1, 0.15) is 13.2 Å². The number of aliphatic hydroxyl groups excluding tert-OH is 1. The highest BCUT2D eigenvalue weighted by molar-refractivity contribution is 7.33. The Bertz CT molecular complexity index is 237. The first-order chi connectivity index (χ1) is 10.8. The third-order valence-corrected chi connectivity index (χ3v) is 4.48. The second-order valence-electron chi connectivity index (χ2n) is 5.86. The van der Waals surface area contributed by atoms with Gasteiger partial charge in [-0.05, 0) is 12.8 Å². The summed E-state index contributed by atoms with van der Waals surface area (Å²) in [7, 11) is -1.99. The Labute approximate surface area is 137 Å². The van der Waals surface area contributed by atoms with Gasteiger partial charge in [0.15, 0.2) is 0 Å². The van der Waals surface area contributed by atoms with Gasteiger partial charge in [0.25, 0.3) is 0 Å². The molecule has 0 saturated heterocycles. The summed E-state index contributed by atoms with van der Waals surface area (Å²) >= 11 is 0. The third kappa shape index (κ3) is 18.0. The molecule has 22 heavy (non-hydrogen) atoms. The van der Waals surface area contributed by atoms with Crippen LogP contribution in [0.2, 0.25) is 0 Å². The molecule has 1 N–H and O–H groups in total. The molecule has 0 aliphatic carbocycles. The van der Waals surface area contributed by atoms with E-state index in [0.29, 0.717) is 19.6 Å². The van der Waals surface area contributed by atoms with E-state index in [1.807, 2.05) is 0 Å². The minimum absolute atomic E-state index is 0.0575. The highest BCUT2D eigenvalue weighted by Gasteiger charge is 2.18. The number of hydrogen-bond donors (Lipinski definition) is 1. The summed E-state index contributed by atoms with van der Waals surface area (Å²) in [5.74, 6) is 0. The maximum absolute atomic E-state index is 11.2. The lowest BCUT2D eigenvalue weighted by atomic mass is 10.1. The minimum Gasteiger partial charge on any atom is -0.396 e. The quantitative estimate of drug-likeness (QED) is 0.255. The number of rotatable bonds is 18. The number of aliphatic hydroxyl groups is 1. The van der Waals surface area contributed by atoms with Crippen LogP contribution in [0.5, 0.6) is 0 Å². The van der Waals surface area contributed by atoms with Crippen molar-refractivity contribution in [3.8, 4) is 0 Å². The van der Waals surface area contributed by atoms with Crippen molar-refractivity contribution in [2.45, 2.75) is 90.4 Å². The number of hydrogen-bond acceptors (Lipinski definition) is 4. The van der Waals surface area contributed by atoms with E-state index >= 15 is 0 Å². The first kappa shape index (κ1) is 22.0. The average molecular weight is 335 g/mol. The zero-order valence-electron chi connectivity index (χ0n) is 14.4. The van der Waals surface area contributed by atoms with E-state index in [4.69, 9.17) is 14.2 Å². The van der Waals surface area contributed by atoms with Crippen molar-refractivity contribution >= 4 is 8.25 Å².